The van der Waals surface area contributed by atoms with Gasteiger partial charge in [0.2, 0.25) is 0 Å². The van der Waals surface area contributed by atoms with E-state index in [9.17, 15) is 0 Å². The second kappa shape index (κ2) is 11.8. The van der Waals surface area contributed by atoms with Crippen molar-refractivity contribution in [2.75, 3.05) is 4.90 Å². The zero-order chi connectivity index (χ0) is 31.9. The molecule has 8 aromatic carbocycles. The lowest BCUT2D eigenvalue weighted by Gasteiger charge is -2.28. The van der Waals surface area contributed by atoms with E-state index < -0.39 is 0 Å². The van der Waals surface area contributed by atoms with Gasteiger partial charge in [-0.15, -0.1) is 0 Å². The van der Waals surface area contributed by atoms with Gasteiger partial charge in [0.15, 0.2) is 0 Å². The van der Waals surface area contributed by atoms with Crippen LogP contribution in [0.3, 0.4) is 0 Å². The van der Waals surface area contributed by atoms with Crippen molar-refractivity contribution in [2.45, 2.75) is 0 Å². The van der Waals surface area contributed by atoms with Crippen molar-refractivity contribution in [2.24, 2.45) is 0 Å². The lowest BCUT2D eigenvalue weighted by molar-refractivity contribution is 0.669. The maximum Gasteiger partial charge on any atom is 0.135 e. The van der Waals surface area contributed by atoms with Crippen molar-refractivity contribution < 1.29 is 4.42 Å². The Labute approximate surface area is 279 Å². The van der Waals surface area contributed by atoms with Gasteiger partial charge in [0.25, 0.3) is 0 Å². The molecule has 2 nitrogen and oxygen atoms in total. The van der Waals surface area contributed by atoms with Crippen LogP contribution in [0.15, 0.2) is 192 Å². The average molecular weight is 614 g/mol. The van der Waals surface area contributed by atoms with Crippen LogP contribution in [0.2, 0.25) is 0 Å². The Bertz CT molecular complexity index is 2530. The molecule has 9 aromatic rings. The van der Waals surface area contributed by atoms with Crippen LogP contribution >= 0.6 is 0 Å². The van der Waals surface area contributed by atoms with E-state index in [1.165, 1.54) is 44.2 Å². The molecule has 0 radical (unpaired) electrons. The molecule has 0 atom stereocenters. The van der Waals surface area contributed by atoms with E-state index in [2.05, 4.69) is 181 Å². The number of para-hydroxylation sites is 1. The molecule has 0 aliphatic heterocycles. The van der Waals surface area contributed by atoms with Gasteiger partial charge < -0.3 is 9.32 Å². The van der Waals surface area contributed by atoms with E-state index >= 15 is 0 Å². The minimum absolute atomic E-state index is 0.886. The third kappa shape index (κ3) is 4.92. The molecule has 0 unspecified atom stereocenters. The summed E-state index contributed by atoms with van der Waals surface area (Å²) in [6.45, 7) is 0. The fraction of sp³-hybridized carbons (Fsp3) is 0. The van der Waals surface area contributed by atoms with Crippen molar-refractivity contribution in [1.82, 2.24) is 0 Å². The summed E-state index contributed by atoms with van der Waals surface area (Å²) in [6.07, 6.45) is 0. The van der Waals surface area contributed by atoms with Crippen LogP contribution in [-0.4, -0.2) is 0 Å². The smallest absolute Gasteiger partial charge is 0.135 e. The van der Waals surface area contributed by atoms with Gasteiger partial charge in [0.1, 0.15) is 11.2 Å². The maximum atomic E-state index is 6.23. The Hall–Kier alpha value is -6.38. The Morgan fingerprint density at radius 2 is 0.896 bits per heavy atom. The van der Waals surface area contributed by atoms with Gasteiger partial charge in [-0.1, -0.05) is 146 Å². The van der Waals surface area contributed by atoms with Crippen LogP contribution in [0.5, 0.6) is 0 Å². The first-order valence-corrected chi connectivity index (χ1v) is 16.3. The summed E-state index contributed by atoms with van der Waals surface area (Å²) >= 11 is 0. The fourth-order valence-corrected chi connectivity index (χ4v) is 6.93. The molecule has 0 aliphatic rings. The highest BCUT2D eigenvalue weighted by molar-refractivity contribution is 6.10. The third-order valence-electron chi connectivity index (χ3n) is 9.28. The quantitative estimate of drug-likeness (QED) is 0.185. The Morgan fingerprint density at radius 3 is 1.60 bits per heavy atom. The summed E-state index contributed by atoms with van der Waals surface area (Å²) in [5, 5.41) is 4.62. The molecule has 0 aliphatic carbocycles. The van der Waals surface area contributed by atoms with E-state index in [4.69, 9.17) is 4.42 Å². The molecule has 48 heavy (non-hydrogen) atoms. The van der Waals surface area contributed by atoms with E-state index in [0.717, 1.165) is 39.0 Å². The monoisotopic (exact) mass is 613 g/mol. The number of benzene rings is 8. The molecule has 0 N–H and O–H groups in total. The first kappa shape index (κ1) is 27.9. The predicted octanol–water partition coefficient (Wildman–Crippen LogP) is 13.2. The summed E-state index contributed by atoms with van der Waals surface area (Å²) in [6, 6.07) is 67.0. The number of anilines is 3. The van der Waals surface area contributed by atoms with Crippen LogP contribution < -0.4 is 4.90 Å². The largest absolute Gasteiger partial charge is 0.456 e. The molecule has 2 heteroatoms. The number of rotatable bonds is 6. The first-order chi connectivity index (χ1) is 23.8. The lowest BCUT2D eigenvalue weighted by atomic mass is 9.94. The Balaban J connectivity index is 1.24. The molecule has 0 saturated carbocycles. The van der Waals surface area contributed by atoms with Crippen molar-refractivity contribution in [3.05, 3.63) is 188 Å². The van der Waals surface area contributed by atoms with E-state index in [0.29, 0.717) is 0 Å². The average Bonchev–Trinajstić information content (AvgIpc) is 3.54. The molecule has 0 amide bonds. The van der Waals surface area contributed by atoms with Gasteiger partial charge in [-0.25, -0.2) is 0 Å². The van der Waals surface area contributed by atoms with Crippen molar-refractivity contribution in [3.63, 3.8) is 0 Å². The maximum absolute atomic E-state index is 6.23. The van der Waals surface area contributed by atoms with Crippen LogP contribution in [0.1, 0.15) is 0 Å². The SMILES string of the molecule is c1ccc(-c2ccc(-c3cccc4cccc(N(c5ccc(-c6ccccc6)cc5)c5ccc6oc7ccccc7c6c5)c34)cc2)cc1. The van der Waals surface area contributed by atoms with Crippen LogP contribution in [0.25, 0.3) is 66.1 Å². The Morgan fingerprint density at radius 1 is 0.354 bits per heavy atom. The highest BCUT2D eigenvalue weighted by atomic mass is 16.3. The summed E-state index contributed by atoms with van der Waals surface area (Å²) in [5.74, 6) is 0. The second-order valence-corrected chi connectivity index (χ2v) is 12.2. The third-order valence-corrected chi connectivity index (χ3v) is 9.28. The van der Waals surface area contributed by atoms with Gasteiger partial charge >= 0.3 is 0 Å². The highest BCUT2D eigenvalue weighted by Gasteiger charge is 2.20. The normalized spacial score (nSPS) is 11.3. The lowest BCUT2D eigenvalue weighted by Crippen LogP contribution is -2.10. The van der Waals surface area contributed by atoms with E-state index in [1.807, 2.05) is 12.1 Å². The topological polar surface area (TPSA) is 16.4 Å². The van der Waals surface area contributed by atoms with Gasteiger partial charge in [-0.3, -0.25) is 0 Å². The number of fused-ring (bicyclic) bond motifs is 4. The number of nitrogens with zero attached hydrogens (tertiary/aromatic N) is 1. The molecular formula is C46H31NO. The van der Waals surface area contributed by atoms with Crippen LogP contribution in [0.4, 0.5) is 17.1 Å². The summed E-state index contributed by atoms with van der Waals surface area (Å²) < 4.78 is 6.23. The zero-order valence-corrected chi connectivity index (χ0v) is 26.3. The van der Waals surface area contributed by atoms with Crippen LogP contribution in [0, 0.1) is 0 Å². The van der Waals surface area contributed by atoms with Gasteiger partial charge in [-0.05, 0) is 81.2 Å². The molecule has 1 heterocycles. The highest BCUT2D eigenvalue weighted by Crippen LogP contribution is 2.44. The first-order valence-electron chi connectivity index (χ1n) is 16.3. The van der Waals surface area contributed by atoms with Gasteiger partial charge in [0.05, 0.1) is 5.69 Å². The van der Waals surface area contributed by atoms with E-state index in [-0.39, 0.29) is 0 Å². The second-order valence-electron chi connectivity index (χ2n) is 12.2. The predicted molar refractivity (Wildman–Crippen MR) is 202 cm³/mol. The van der Waals surface area contributed by atoms with Crippen molar-refractivity contribution in [1.29, 1.82) is 0 Å². The molecule has 9 rings (SSSR count). The molecule has 0 fully saturated rings. The molecule has 1 aromatic heterocycles. The Kier molecular flexibility index (Phi) is 6.84. The minimum atomic E-state index is 0.886. The van der Waals surface area contributed by atoms with Gasteiger partial charge in [0, 0.05) is 27.5 Å². The molecule has 0 spiro atoms. The fourth-order valence-electron chi connectivity index (χ4n) is 6.93. The van der Waals surface area contributed by atoms with Crippen molar-refractivity contribution in [3.8, 4) is 33.4 Å². The number of hydrogen-bond donors (Lipinski definition) is 0. The zero-order valence-electron chi connectivity index (χ0n) is 26.3. The molecule has 0 saturated heterocycles. The van der Waals surface area contributed by atoms with Crippen LogP contribution in [-0.2, 0) is 0 Å². The molecule has 0 bridgehead atoms. The van der Waals surface area contributed by atoms with E-state index in [1.54, 1.807) is 0 Å². The standard InChI is InChI=1S/C46H31NO/c1-3-11-32(12-4-1)34-21-23-36(24-22-34)40-18-9-15-37-16-10-19-43(46(37)40)47(38-27-25-35(26-28-38)33-13-5-2-6-14-33)39-29-30-45-42(31-39)41-17-7-8-20-44(41)48-45/h1-31H. The summed E-state index contributed by atoms with van der Waals surface area (Å²) in [4.78, 5) is 2.39. The molecular weight excluding hydrogens is 583 g/mol. The summed E-state index contributed by atoms with van der Waals surface area (Å²) in [7, 11) is 0. The number of hydrogen-bond acceptors (Lipinski definition) is 2. The van der Waals surface area contributed by atoms with Gasteiger partial charge in [-0.2, -0.15) is 0 Å². The minimum Gasteiger partial charge on any atom is -0.456 e. The number of furan rings is 1. The van der Waals surface area contributed by atoms with Crippen molar-refractivity contribution >= 4 is 49.8 Å². The molecule has 226 valence electrons. The summed E-state index contributed by atoms with van der Waals surface area (Å²) in [5.41, 5.74) is 12.3.